The zero-order valence-electron chi connectivity index (χ0n) is 10.4. The van der Waals surface area contributed by atoms with E-state index < -0.39 is 23.8 Å². The number of hydrogen-bond acceptors (Lipinski definition) is 2. The van der Waals surface area contributed by atoms with Gasteiger partial charge >= 0.3 is 12.1 Å². The Morgan fingerprint density at radius 3 is 2.65 bits per heavy atom. The van der Waals surface area contributed by atoms with Gasteiger partial charge in [0.05, 0.1) is 5.57 Å². The molecule has 1 unspecified atom stereocenters. The summed E-state index contributed by atoms with van der Waals surface area (Å²) < 4.78 is 43.7. The number of aliphatic carboxylic acids is 1. The fraction of sp³-hybridized carbons (Fsp3) is 0.214. The fourth-order valence-electron chi connectivity index (χ4n) is 1.98. The van der Waals surface area contributed by atoms with Gasteiger partial charge in [-0.2, -0.15) is 13.2 Å². The van der Waals surface area contributed by atoms with Crippen molar-refractivity contribution in [3.63, 3.8) is 0 Å². The lowest BCUT2D eigenvalue weighted by Crippen LogP contribution is -2.40. The second kappa shape index (κ2) is 5.03. The van der Waals surface area contributed by atoms with Crippen molar-refractivity contribution in [3.8, 4) is 5.75 Å². The highest BCUT2D eigenvalue weighted by Crippen LogP contribution is 2.39. The lowest BCUT2D eigenvalue weighted by atomic mass is 9.98. The van der Waals surface area contributed by atoms with Gasteiger partial charge in [0, 0.05) is 11.1 Å². The molecule has 106 valence electrons. The molecule has 1 atom stereocenters. The first-order chi connectivity index (χ1) is 9.34. The van der Waals surface area contributed by atoms with E-state index in [1.807, 2.05) is 0 Å². The van der Waals surface area contributed by atoms with Gasteiger partial charge in [0.2, 0.25) is 6.10 Å². The molecule has 1 aliphatic heterocycles. The van der Waals surface area contributed by atoms with Gasteiger partial charge in [-0.1, -0.05) is 30.4 Å². The maximum Gasteiger partial charge on any atom is 0.430 e. The first-order valence-electron chi connectivity index (χ1n) is 5.78. The summed E-state index contributed by atoms with van der Waals surface area (Å²) in [6.45, 7) is 1.72. The van der Waals surface area contributed by atoms with Gasteiger partial charge in [-0.15, -0.1) is 0 Å². The molecule has 0 radical (unpaired) electrons. The van der Waals surface area contributed by atoms with E-state index in [2.05, 4.69) is 0 Å². The summed E-state index contributed by atoms with van der Waals surface area (Å²) in [5.74, 6) is -1.60. The lowest BCUT2D eigenvalue weighted by molar-refractivity contribution is -0.187. The Hall–Kier alpha value is -2.24. The molecule has 0 aromatic heterocycles. The maximum atomic E-state index is 12.9. The normalized spacial score (nSPS) is 18.4. The van der Waals surface area contributed by atoms with Crippen molar-refractivity contribution >= 4 is 18.1 Å². The molecule has 1 aliphatic rings. The first-order valence-corrected chi connectivity index (χ1v) is 5.78. The zero-order chi connectivity index (χ0) is 14.9. The number of alkyl halides is 3. The van der Waals surface area contributed by atoms with Crippen LogP contribution in [0.15, 0.2) is 29.8 Å². The Labute approximate surface area is 113 Å². The first kappa shape index (κ1) is 14.2. The number of carbonyl (C=O) groups is 1. The molecular weight excluding hydrogens is 273 g/mol. The van der Waals surface area contributed by atoms with Crippen molar-refractivity contribution in [1.82, 2.24) is 0 Å². The van der Waals surface area contributed by atoms with Crippen LogP contribution in [0.2, 0.25) is 0 Å². The van der Waals surface area contributed by atoms with E-state index in [0.29, 0.717) is 11.1 Å². The number of carboxylic acid groups (broad SMARTS) is 1. The summed E-state index contributed by atoms with van der Waals surface area (Å²) in [5.41, 5.74) is -0.0268. The summed E-state index contributed by atoms with van der Waals surface area (Å²) in [7, 11) is 0. The van der Waals surface area contributed by atoms with Crippen molar-refractivity contribution in [1.29, 1.82) is 0 Å². The van der Waals surface area contributed by atoms with E-state index in [-0.39, 0.29) is 5.75 Å². The second-order valence-electron chi connectivity index (χ2n) is 4.21. The third-order valence-electron chi connectivity index (χ3n) is 2.80. The van der Waals surface area contributed by atoms with Crippen LogP contribution >= 0.6 is 0 Å². The van der Waals surface area contributed by atoms with Crippen LogP contribution in [0.1, 0.15) is 18.1 Å². The molecule has 0 saturated carbocycles. The quantitative estimate of drug-likeness (QED) is 0.904. The molecule has 1 aromatic carbocycles. The minimum absolute atomic E-state index is 0.0397. The van der Waals surface area contributed by atoms with Gasteiger partial charge in [0.25, 0.3) is 0 Å². The largest absolute Gasteiger partial charge is 0.478 e. The predicted molar refractivity (Wildman–Crippen MR) is 67.2 cm³/mol. The Bertz CT molecular complexity index is 600. The highest BCUT2D eigenvalue weighted by molar-refractivity contribution is 5.95. The number of carboxylic acids is 1. The number of benzene rings is 1. The average molecular weight is 284 g/mol. The van der Waals surface area contributed by atoms with Gasteiger partial charge in [-0.25, -0.2) is 4.79 Å². The van der Waals surface area contributed by atoms with Gasteiger partial charge in [-0.05, 0) is 13.0 Å². The molecule has 2 rings (SSSR count). The Morgan fingerprint density at radius 2 is 2.10 bits per heavy atom. The number of allylic oxidation sites excluding steroid dienone is 1. The summed E-state index contributed by atoms with van der Waals surface area (Å²) in [6.07, 6.45) is -2.97. The van der Waals surface area contributed by atoms with Crippen LogP contribution in [0.25, 0.3) is 12.2 Å². The molecule has 0 saturated heterocycles. The van der Waals surface area contributed by atoms with Gasteiger partial charge in [0.1, 0.15) is 5.75 Å². The highest BCUT2D eigenvalue weighted by atomic mass is 19.4. The van der Waals surface area contributed by atoms with Gasteiger partial charge in [-0.3, -0.25) is 0 Å². The maximum absolute atomic E-state index is 12.9. The molecule has 0 bridgehead atoms. The van der Waals surface area contributed by atoms with Gasteiger partial charge < -0.3 is 9.84 Å². The summed E-state index contributed by atoms with van der Waals surface area (Å²) in [5, 5.41) is 8.91. The number of para-hydroxylation sites is 1. The molecule has 1 N–H and O–H groups in total. The number of fused-ring (bicyclic) bond motifs is 1. The predicted octanol–water partition coefficient (Wildman–Crippen LogP) is 3.51. The van der Waals surface area contributed by atoms with E-state index in [0.717, 1.165) is 6.08 Å². The van der Waals surface area contributed by atoms with E-state index in [4.69, 9.17) is 9.84 Å². The second-order valence-corrected chi connectivity index (χ2v) is 4.21. The van der Waals surface area contributed by atoms with E-state index in [1.165, 1.54) is 6.07 Å². The number of hydrogen-bond donors (Lipinski definition) is 1. The molecular formula is C14H11F3O3. The third kappa shape index (κ3) is 2.54. The minimum atomic E-state index is -4.79. The van der Waals surface area contributed by atoms with Crippen molar-refractivity contribution in [2.75, 3.05) is 0 Å². The molecule has 1 heterocycles. The fourth-order valence-corrected chi connectivity index (χ4v) is 1.98. The smallest absolute Gasteiger partial charge is 0.430 e. The van der Waals surface area contributed by atoms with Crippen LogP contribution in [0.3, 0.4) is 0 Å². The van der Waals surface area contributed by atoms with Crippen LogP contribution in [0, 0.1) is 0 Å². The topological polar surface area (TPSA) is 46.5 Å². The molecule has 6 heteroatoms. The monoisotopic (exact) mass is 284 g/mol. The minimum Gasteiger partial charge on any atom is -0.478 e. The van der Waals surface area contributed by atoms with Crippen molar-refractivity contribution in [2.24, 2.45) is 0 Å². The van der Waals surface area contributed by atoms with E-state index in [9.17, 15) is 18.0 Å². The van der Waals surface area contributed by atoms with Crippen LogP contribution in [0.5, 0.6) is 5.75 Å². The lowest BCUT2D eigenvalue weighted by Gasteiger charge is -2.28. The van der Waals surface area contributed by atoms with E-state index >= 15 is 0 Å². The van der Waals surface area contributed by atoms with Crippen LogP contribution in [0.4, 0.5) is 13.2 Å². The number of ether oxygens (including phenoxy) is 1. The Balaban J connectivity index is 2.60. The SMILES string of the molecule is CC=Cc1cccc2c1OC(C(F)(F)F)C(C(=O)O)=C2. The standard InChI is InChI=1S/C14H11F3O3/c1-2-4-8-5-3-6-9-7-10(13(18)19)12(14(15,16)17)20-11(8)9/h2-7,12H,1H3,(H,18,19). The molecule has 0 fully saturated rings. The molecule has 20 heavy (non-hydrogen) atoms. The van der Waals surface area contributed by atoms with Crippen molar-refractivity contribution in [3.05, 3.63) is 41.0 Å². The molecule has 3 nitrogen and oxygen atoms in total. The average Bonchev–Trinajstić information content (AvgIpc) is 2.37. The van der Waals surface area contributed by atoms with Crippen molar-refractivity contribution in [2.45, 2.75) is 19.2 Å². The van der Waals surface area contributed by atoms with Crippen LogP contribution in [-0.4, -0.2) is 23.4 Å². The molecule has 0 spiro atoms. The van der Waals surface area contributed by atoms with Crippen molar-refractivity contribution < 1.29 is 27.8 Å². The summed E-state index contributed by atoms with van der Waals surface area (Å²) in [6, 6.07) is 4.74. The van der Waals surface area contributed by atoms with Crippen LogP contribution in [-0.2, 0) is 4.79 Å². The number of rotatable bonds is 2. The Kier molecular flexibility index (Phi) is 3.57. The Morgan fingerprint density at radius 1 is 1.40 bits per heavy atom. The zero-order valence-corrected chi connectivity index (χ0v) is 10.4. The van der Waals surface area contributed by atoms with E-state index in [1.54, 1.807) is 31.2 Å². The molecule has 1 aromatic rings. The number of halogens is 3. The van der Waals surface area contributed by atoms with Crippen LogP contribution < -0.4 is 4.74 Å². The highest BCUT2D eigenvalue weighted by Gasteiger charge is 2.48. The third-order valence-corrected chi connectivity index (χ3v) is 2.80. The summed E-state index contributed by atoms with van der Waals surface area (Å²) >= 11 is 0. The van der Waals surface area contributed by atoms with Gasteiger partial charge in [0.15, 0.2) is 0 Å². The molecule has 0 aliphatic carbocycles. The molecule has 0 amide bonds. The summed E-state index contributed by atoms with van der Waals surface area (Å²) in [4.78, 5) is 11.0.